The van der Waals surface area contributed by atoms with Gasteiger partial charge in [0.1, 0.15) is 18.2 Å². The molecule has 0 radical (unpaired) electrons. The lowest BCUT2D eigenvalue weighted by Gasteiger charge is -2.27. The van der Waals surface area contributed by atoms with Crippen molar-refractivity contribution in [3.63, 3.8) is 0 Å². The molecule has 7 nitrogen and oxygen atoms in total. The smallest absolute Gasteiger partial charge is 0.393 e. The second-order valence-electron chi connectivity index (χ2n) is 6.62. The van der Waals surface area contributed by atoms with Gasteiger partial charge in [-0.15, -0.1) is 0 Å². The normalized spacial score (nSPS) is 19.7. The predicted molar refractivity (Wildman–Crippen MR) is 95.2 cm³/mol. The number of rotatable bonds is 5. The van der Waals surface area contributed by atoms with Crippen LogP contribution in [0.4, 0.5) is 24.7 Å². The van der Waals surface area contributed by atoms with Crippen LogP contribution in [0.2, 0.25) is 0 Å². The van der Waals surface area contributed by atoms with E-state index in [1.54, 1.807) is 6.07 Å². The summed E-state index contributed by atoms with van der Waals surface area (Å²) in [4.78, 5) is 11.1. The molecule has 0 amide bonds. The highest BCUT2D eigenvalue weighted by molar-refractivity contribution is 5.62. The summed E-state index contributed by atoms with van der Waals surface area (Å²) in [6.45, 7) is -0.163. The molecule has 1 saturated carbocycles. The molecule has 3 N–H and O–H groups in total. The molecule has 1 fully saturated rings. The molecule has 1 aliphatic carbocycles. The molecule has 0 aliphatic heterocycles. The molecule has 0 aromatic carbocycles. The molecule has 2 heterocycles. The molecule has 1 aliphatic rings. The molecule has 3 rings (SSSR count). The first-order chi connectivity index (χ1) is 13.4. The van der Waals surface area contributed by atoms with Crippen molar-refractivity contribution >= 4 is 11.5 Å². The van der Waals surface area contributed by atoms with Gasteiger partial charge in [0, 0.05) is 36.6 Å². The van der Waals surface area contributed by atoms with Gasteiger partial charge in [0.2, 0.25) is 0 Å². The summed E-state index contributed by atoms with van der Waals surface area (Å²) in [7, 11) is 0. The van der Waals surface area contributed by atoms with E-state index in [2.05, 4.69) is 31.7 Å². The van der Waals surface area contributed by atoms with Gasteiger partial charge in [-0.05, 0) is 25.7 Å². The molecule has 0 atom stereocenters. The maximum absolute atomic E-state index is 13.0. The quantitative estimate of drug-likeness (QED) is 0.718. The van der Waals surface area contributed by atoms with Gasteiger partial charge >= 0.3 is 6.18 Å². The number of halogens is 3. The van der Waals surface area contributed by atoms with Crippen molar-refractivity contribution in [1.29, 1.82) is 5.26 Å². The Kier molecular flexibility index (Phi) is 5.94. The molecule has 0 bridgehead atoms. The highest BCUT2D eigenvalue weighted by Gasteiger charge is 2.35. The fourth-order valence-electron chi connectivity index (χ4n) is 3.13. The average molecular weight is 392 g/mol. The van der Waals surface area contributed by atoms with Gasteiger partial charge in [-0.2, -0.15) is 18.4 Å². The third kappa shape index (κ3) is 4.86. The lowest BCUT2D eigenvalue weighted by atomic mass is 9.93. The molecule has 2 aromatic heterocycles. The predicted octanol–water partition coefficient (Wildman–Crippen LogP) is 3.09. The van der Waals surface area contributed by atoms with Crippen molar-refractivity contribution in [3.8, 4) is 6.07 Å². The Morgan fingerprint density at radius 1 is 1.18 bits per heavy atom. The molecule has 148 valence electrons. The molecule has 0 spiro atoms. The standard InChI is InChI=1S/C18H19F3N6O/c19-18(20,21)17-12(7-23-10-26-17)9-25-16-5-15(11(6-22)8-24-16)27-13-1-3-14(28)4-2-13/h5,7-8,10,13-14,28H,1-4,9H2,(H2,24,25,27). The number of nitrogens with zero attached hydrogens (tertiary/aromatic N) is 4. The number of pyridine rings is 1. The van der Waals surface area contributed by atoms with Crippen LogP contribution in [0.15, 0.2) is 24.8 Å². The summed E-state index contributed by atoms with van der Waals surface area (Å²) >= 11 is 0. The highest BCUT2D eigenvalue weighted by atomic mass is 19.4. The SMILES string of the molecule is N#Cc1cnc(NCc2cncnc2C(F)(F)F)cc1NC1CCC(O)CC1. The highest BCUT2D eigenvalue weighted by Crippen LogP contribution is 2.30. The number of aliphatic hydroxyl groups excluding tert-OH is 1. The van der Waals surface area contributed by atoms with Crippen LogP contribution in [0.25, 0.3) is 0 Å². The summed E-state index contributed by atoms with van der Waals surface area (Å²) in [5, 5.41) is 25.0. The van der Waals surface area contributed by atoms with Gasteiger partial charge < -0.3 is 15.7 Å². The van der Waals surface area contributed by atoms with Crippen LogP contribution in [0.3, 0.4) is 0 Å². The maximum Gasteiger partial charge on any atom is 0.433 e. The number of alkyl halides is 3. The van der Waals surface area contributed by atoms with Gasteiger partial charge in [-0.3, -0.25) is 0 Å². The second-order valence-corrected chi connectivity index (χ2v) is 6.62. The van der Waals surface area contributed by atoms with E-state index in [4.69, 9.17) is 0 Å². The topological polar surface area (TPSA) is 107 Å². The Labute approximate surface area is 159 Å². The first kappa shape index (κ1) is 19.8. The van der Waals surface area contributed by atoms with Crippen LogP contribution in [0.5, 0.6) is 0 Å². The van der Waals surface area contributed by atoms with Crippen LogP contribution in [-0.2, 0) is 12.7 Å². The molecular weight excluding hydrogens is 373 g/mol. The van der Waals surface area contributed by atoms with Gasteiger partial charge in [0.25, 0.3) is 0 Å². The number of aromatic nitrogens is 3. The lowest BCUT2D eigenvalue weighted by Crippen LogP contribution is -2.28. The maximum atomic E-state index is 13.0. The van der Waals surface area contributed by atoms with Crippen molar-refractivity contribution in [2.75, 3.05) is 10.6 Å². The van der Waals surface area contributed by atoms with E-state index in [9.17, 15) is 23.5 Å². The van der Waals surface area contributed by atoms with Crippen molar-refractivity contribution in [2.45, 2.75) is 50.6 Å². The van der Waals surface area contributed by atoms with Crippen molar-refractivity contribution in [3.05, 3.63) is 41.6 Å². The molecular formula is C18H19F3N6O. The van der Waals surface area contributed by atoms with Gasteiger partial charge in [-0.1, -0.05) is 0 Å². The van der Waals surface area contributed by atoms with Crippen LogP contribution in [0.1, 0.15) is 42.5 Å². The molecule has 0 unspecified atom stereocenters. The van der Waals surface area contributed by atoms with E-state index in [1.165, 1.54) is 6.20 Å². The van der Waals surface area contributed by atoms with Crippen LogP contribution in [0, 0.1) is 11.3 Å². The van der Waals surface area contributed by atoms with E-state index in [0.29, 0.717) is 29.9 Å². The minimum absolute atomic E-state index is 0.100. The number of nitriles is 1. The number of hydrogen-bond acceptors (Lipinski definition) is 7. The minimum atomic E-state index is -4.57. The van der Waals surface area contributed by atoms with Gasteiger partial charge in [0.15, 0.2) is 5.69 Å². The Hall–Kier alpha value is -2.93. The minimum Gasteiger partial charge on any atom is -0.393 e. The third-order valence-electron chi connectivity index (χ3n) is 4.60. The second kappa shape index (κ2) is 8.39. The summed E-state index contributed by atoms with van der Waals surface area (Å²) in [6.07, 6.45) is 1.38. The summed E-state index contributed by atoms with van der Waals surface area (Å²) in [5.41, 5.74) is -0.197. The van der Waals surface area contributed by atoms with Crippen molar-refractivity contribution < 1.29 is 18.3 Å². The van der Waals surface area contributed by atoms with E-state index in [-0.39, 0.29) is 24.3 Å². The van der Waals surface area contributed by atoms with Gasteiger partial charge in [0.05, 0.1) is 17.4 Å². The van der Waals surface area contributed by atoms with E-state index in [0.717, 1.165) is 25.4 Å². The Morgan fingerprint density at radius 2 is 1.93 bits per heavy atom. The van der Waals surface area contributed by atoms with Crippen LogP contribution < -0.4 is 10.6 Å². The van der Waals surface area contributed by atoms with Crippen molar-refractivity contribution in [1.82, 2.24) is 15.0 Å². The molecule has 10 heteroatoms. The zero-order chi connectivity index (χ0) is 20.1. The van der Waals surface area contributed by atoms with Crippen molar-refractivity contribution in [2.24, 2.45) is 0 Å². The number of nitrogens with one attached hydrogen (secondary N) is 2. The fraction of sp³-hybridized carbons (Fsp3) is 0.444. The summed E-state index contributed by atoms with van der Waals surface area (Å²) in [5.74, 6) is 0.328. The summed E-state index contributed by atoms with van der Waals surface area (Å²) < 4.78 is 39.1. The largest absolute Gasteiger partial charge is 0.433 e. The number of hydrogen-bond donors (Lipinski definition) is 3. The van der Waals surface area contributed by atoms with E-state index < -0.39 is 11.9 Å². The first-order valence-corrected chi connectivity index (χ1v) is 8.81. The fourth-order valence-corrected chi connectivity index (χ4v) is 3.13. The number of anilines is 2. The van der Waals surface area contributed by atoms with Gasteiger partial charge in [-0.25, -0.2) is 15.0 Å². The zero-order valence-electron chi connectivity index (χ0n) is 14.9. The number of aliphatic hydroxyl groups is 1. The summed E-state index contributed by atoms with van der Waals surface area (Å²) in [6, 6.07) is 3.77. The average Bonchev–Trinajstić information content (AvgIpc) is 2.68. The Bertz CT molecular complexity index is 859. The Balaban J connectivity index is 1.73. The third-order valence-corrected chi connectivity index (χ3v) is 4.60. The van der Waals surface area contributed by atoms with E-state index >= 15 is 0 Å². The molecule has 28 heavy (non-hydrogen) atoms. The molecule has 2 aromatic rings. The monoisotopic (exact) mass is 392 g/mol. The van der Waals surface area contributed by atoms with Crippen LogP contribution >= 0.6 is 0 Å². The zero-order valence-corrected chi connectivity index (χ0v) is 14.9. The molecule has 0 saturated heterocycles. The first-order valence-electron chi connectivity index (χ1n) is 8.81. The lowest BCUT2D eigenvalue weighted by molar-refractivity contribution is -0.141. The Morgan fingerprint density at radius 3 is 2.61 bits per heavy atom. The van der Waals surface area contributed by atoms with E-state index in [1.807, 2.05) is 0 Å². The van der Waals surface area contributed by atoms with Crippen LogP contribution in [-0.4, -0.2) is 32.2 Å².